The molecule has 0 bridgehead atoms. The van der Waals surface area contributed by atoms with Crippen LogP contribution >= 0.6 is 27.3 Å². The van der Waals surface area contributed by atoms with E-state index in [4.69, 9.17) is 5.84 Å². The van der Waals surface area contributed by atoms with E-state index < -0.39 is 0 Å². The standard InChI is InChI=1S/C7H11BrN2S/c1-5(10-9)4-6-2-3-7(8)11-6/h2-3,5,10H,4,9H2,1H3. The predicted octanol–water partition coefficient (Wildman–Crippen LogP) is 1.90. The molecular weight excluding hydrogens is 224 g/mol. The summed E-state index contributed by atoms with van der Waals surface area (Å²) in [7, 11) is 0. The Hall–Kier alpha value is 0.1000. The number of thiophene rings is 1. The lowest BCUT2D eigenvalue weighted by molar-refractivity contribution is 0.571. The van der Waals surface area contributed by atoms with Gasteiger partial charge in [0.05, 0.1) is 3.79 Å². The molecule has 4 heteroatoms. The molecule has 0 amide bonds. The number of hydrogen-bond donors (Lipinski definition) is 2. The van der Waals surface area contributed by atoms with E-state index in [-0.39, 0.29) is 0 Å². The van der Waals surface area contributed by atoms with Crippen LogP contribution in [-0.4, -0.2) is 6.04 Å². The van der Waals surface area contributed by atoms with Crippen LogP contribution in [0.2, 0.25) is 0 Å². The first kappa shape index (κ1) is 9.19. The van der Waals surface area contributed by atoms with E-state index in [1.165, 1.54) is 8.66 Å². The molecule has 11 heavy (non-hydrogen) atoms. The minimum Gasteiger partial charge on any atom is -0.271 e. The van der Waals surface area contributed by atoms with Crippen LogP contribution < -0.4 is 11.3 Å². The van der Waals surface area contributed by atoms with Crippen LogP contribution in [-0.2, 0) is 6.42 Å². The summed E-state index contributed by atoms with van der Waals surface area (Å²) in [5.74, 6) is 5.27. The van der Waals surface area contributed by atoms with E-state index >= 15 is 0 Å². The average molecular weight is 235 g/mol. The fourth-order valence-corrected chi connectivity index (χ4v) is 2.43. The topological polar surface area (TPSA) is 38.0 Å². The van der Waals surface area contributed by atoms with Gasteiger partial charge < -0.3 is 0 Å². The third-order valence-electron chi connectivity index (χ3n) is 1.42. The molecule has 0 radical (unpaired) electrons. The van der Waals surface area contributed by atoms with Crippen molar-refractivity contribution in [1.82, 2.24) is 5.43 Å². The van der Waals surface area contributed by atoms with E-state index in [0.29, 0.717) is 6.04 Å². The number of nitrogens with one attached hydrogen (secondary N) is 1. The lowest BCUT2D eigenvalue weighted by Gasteiger charge is -2.06. The molecule has 1 heterocycles. The van der Waals surface area contributed by atoms with Crippen molar-refractivity contribution in [1.29, 1.82) is 0 Å². The number of hydrazine groups is 1. The summed E-state index contributed by atoms with van der Waals surface area (Å²) in [6.45, 7) is 2.06. The Bertz CT molecular complexity index is 224. The monoisotopic (exact) mass is 234 g/mol. The highest BCUT2D eigenvalue weighted by Gasteiger charge is 2.02. The molecule has 0 saturated carbocycles. The molecular formula is C7H11BrN2S. The van der Waals surface area contributed by atoms with Gasteiger partial charge in [0.1, 0.15) is 0 Å². The van der Waals surface area contributed by atoms with Crippen LogP contribution in [0.3, 0.4) is 0 Å². The molecule has 3 N–H and O–H groups in total. The SMILES string of the molecule is CC(Cc1ccc(Br)s1)NN. The lowest BCUT2D eigenvalue weighted by Crippen LogP contribution is -2.33. The molecule has 0 aliphatic rings. The zero-order chi connectivity index (χ0) is 8.27. The Morgan fingerprint density at radius 2 is 2.45 bits per heavy atom. The van der Waals surface area contributed by atoms with Gasteiger partial charge >= 0.3 is 0 Å². The summed E-state index contributed by atoms with van der Waals surface area (Å²) in [5.41, 5.74) is 2.71. The van der Waals surface area contributed by atoms with Crippen molar-refractivity contribution >= 4 is 27.3 Å². The summed E-state index contributed by atoms with van der Waals surface area (Å²) in [5, 5.41) is 0. The maximum absolute atomic E-state index is 5.27. The average Bonchev–Trinajstić information content (AvgIpc) is 2.35. The molecule has 1 atom stereocenters. The van der Waals surface area contributed by atoms with Crippen molar-refractivity contribution in [2.75, 3.05) is 0 Å². The van der Waals surface area contributed by atoms with Crippen LogP contribution in [0.5, 0.6) is 0 Å². The van der Waals surface area contributed by atoms with Gasteiger partial charge in [0.15, 0.2) is 0 Å². The normalized spacial score (nSPS) is 13.4. The number of nitrogens with two attached hydrogens (primary N) is 1. The van der Waals surface area contributed by atoms with E-state index in [2.05, 4.69) is 40.4 Å². The van der Waals surface area contributed by atoms with Gasteiger partial charge in [-0.25, -0.2) is 0 Å². The van der Waals surface area contributed by atoms with Crippen molar-refractivity contribution in [3.8, 4) is 0 Å². The van der Waals surface area contributed by atoms with E-state index in [1.54, 1.807) is 11.3 Å². The second-order valence-electron chi connectivity index (χ2n) is 2.48. The largest absolute Gasteiger partial charge is 0.271 e. The highest BCUT2D eigenvalue weighted by molar-refractivity contribution is 9.11. The summed E-state index contributed by atoms with van der Waals surface area (Å²) in [6.07, 6.45) is 0.993. The van der Waals surface area contributed by atoms with Crippen molar-refractivity contribution < 1.29 is 0 Å². The Morgan fingerprint density at radius 1 is 1.73 bits per heavy atom. The third-order valence-corrected chi connectivity index (χ3v) is 3.07. The van der Waals surface area contributed by atoms with Gasteiger partial charge in [-0.1, -0.05) is 0 Å². The van der Waals surface area contributed by atoms with Gasteiger partial charge in [-0.05, 0) is 41.4 Å². The molecule has 0 spiro atoms. The van der Waals surface area contributed by atoms with Gasteiger partial charge in [-0.2, -0.15) is 0 Å². The predicted molar refractivity (Wildman–Crippen MR) is 52.5 cm³/mol. The second-order valence-corrected chi connectivity index (χ2v) is 5.03. The van der Waals surface area contributed by atoms with Crippen LogP contribution in [0.15, 0.2) is 15.9 Å². The third kappa shape index (κ3) is 2.91. The first-order valence-electron chi connectivity index (χ1n) is 3.42. The summed E-state index contributed by atoms with van der Waals surface area (Å²) in [4.78, 5) is 1.35. The highest BCUT2D eigenvalue weighted by atomic mass is 79.9. The van der Waals surface area contributed by atoms with Crippen molar-refractivity contribution in [3.05, 3.63) is 20.8 Å². The quantitative estimate of drug-likeness (QED) is 0.620. The molecule has 0 aliphatic heterocycles. The highest BCUT2D eigenvalue weighted by Crippen LogP contribution is 2.22. The number of halogens is 1. The van der Waals surface area contributed by atoms with Crippen LogP contribution in [0.4, 0.5) is 0 Å². The first-order valence-corrected chi connectivity index (χ1v) is 5.03. The van der Waals surface area contributed by atoms with Crippen molar-refractivity contribution in [2.24, 2.45) is 5.84 Å². The Morgan fingerprint density at radius 3 is 2.91 bits per heavy atom. The zero-order valence-electron chi connectivity index (χ0n) is 6.30. The Kier molecular flexibility index (Phi) is 3.51. The van der Waals surface area contributed by atoms with Crippen molar-refractivity contribution in [3.63, 3.8) is 0 Å². The Labute approximate surface area is 78.9 Å². The van der Waals surface area contributed by atoms with Gasteiger partial charge in [0, 0.05) is 10.9 Å². The maximum Gasteiger partial charge on any atom is 0.0701 e. The molecule has 2 nitrogen and oxygen atoms in total. The number of hydrogen-bond acceptors (Lipinski definition) is 3. The van der Waals surface area contributed by atoms with Crippen LogP contribution in [0.25, 0.3) is 0 Å². The summed E-state index contributed by atoms with van der Waals surface area (Å²) < 4.78 is 1.18. The molecule has 62 valence electrons. The molecule has 0 aliphatic carbocycles. The molecule has 0 fully saturated rings. The molecule has 1 unspecified atom stereocenters. The lowest BCUT2D eigenvalue weighted by atomic mass is 10.2. The molecule has 1 rings (SSSR count). The first-order chi connectivity index (χ1) is 5.22. The molecule has 1 aromatic heterocycles. The minimum atomic E-state index is 0.348. The Balaban J connectivity index is 2.50. The van der Waals surface area contributed by atoms with Gasteiger partial charge in [0.2, 0.25) is 0 Å². The minimum absolute atomic E-state index is 0.348. The second kappa shape index (κ2) is 4.21. The maximum atomic E-state index is 5.27. The number of rotatable bonds is 3. The van der Waals surface area contributed by atoms with E-state index in [0.717, 1.165) is 6.42 Å². The van der Waals surface area contributed by atoms with E-state index in [1.807, 2.05) is 0 Å². The smallest absolute Gasteiger partial charge is 0.0701 e. The summed E-state index contributed by atoms with van der Waals surface area (Å²) >= 11 is 5.16. The molecule has 1 aromatic rings. The fraction of sp³-hybridized carbons (Fsp3) is 0.429. The van der Waals surface area contributed by atoms with Gasteiger partial charge in [0.25, 0.3) is 0 Å². The van der Waals surface area contributed by atoms with Crippen LogP contribution in [0.1, 0.15) is 11.8 Å². The van der Waals surface area contributed by atoms with Gasteiger partial charge in [-0.15, -0.1) is 11.3 Å². The van der Waals surface area contributed by atoms with Gasteiger partial charge in [-0.3, -0.25) is 11.3 Å². The summed E-state index contributed by atoms with van der Waals surface area (Å²) in [6, 6.07) is 4.52. The fourth-order valence-electron chi connectivity index (χ4n) is 0.822. The van der Waals surface area contributed by atoms with Crippen LogP contribution in [0, 0.1) is 0 Å². The van der Waals surface area contributed by atoms with Crippen molar-refractivity contribution in [2.45, 2.75) is 19.4 Å². The van der Waals surface area contributed by atoms with E-state index in [9.17, 15) is 0 Å². The molecule has 0 saturated heterocycles. The zero-order valence-corrected chi connectivity index (χ0v) is 8.71. The molecule has 0 aromatic carbocycles.